The molecule has 0 saturated heterocycles. The molecule has 1 aromatic heterocycles. The Morgan fingerprint density at radius 2 is 1.76 bits per heavy atom. The Kier molecular flexibility index (Phi) is 5.99. The van der Waals surface area contributed by atoms with Crippen molar-refractivity contribution in [1.82, 2.24) is 10.1 Å². The average Bonchev–Trinajstić information content (AvgIpc) is 3.34. The van der Waals surface area contributed by atoms with Crippen LogP contribution in [0.2, 0.25) is 0 Å². The summed E-state index contributed by atoms with van der Waals surface area (Å²) in [6.07, 6.45) is 1.71. The molecule has 4 rings (SSSR count). The highest BCUT2D eigenvalue weighted by Crippen LogP contribution is 2.45. The van der Waals surface area contributed by atoms with Crippen LogP contribution in [0.15, 0.2) is 57.9 Å². The van der Waals surface area contributed by atoms with Gasteiger partial charge in [0, 0.05) is 16.7 Å². The summed E-state index contributed by atoms with van der Waals surface area (Å²) in [7, 11) is -3.85. The molecule has 9 nitrogen and oxygen atoms in total. The standard InChI is InChI=1S/C24H29N5O4S/c1-23(2,3)19(25)21-27-20(28-33-21)15-8-10-18(11-9-15)34(31,32)29-17-7-5-6-16(14-17)26-22(30)24(4)12-13-24/h5-11,14,19,29H,12-13,25H2,1-4H3,(H,26,30)/t19-/m1/s1. The zero-order valence-corrected chi connectivity index (χ0v) is 20.4. The van der Waals surface area contributed by atoms with Gasteiger partial charge in [0.05, 0.1) is 16.6 Å². The molecule has 1 amide bonds. The second kappa shape index (κ2) is 8.52. The quantitative estimate of drug-likeness (QED) is 0.454. The van der Waals surface area contributed by atoms with Gasteiger partial charge in [-0.3, -0.25) is 9.52 Å². The predicted molar refractivity (Wildman–Crippen MR) is 129 cm³/mol. The highest BCUT2D eigenvalue weighted by atomic mass is 32.2. The Morgan fingerprint density at radius 1 is 1.12 bits per heavy atom. The number of aromatic nitrogens is 2. The highest BCUT2D eigenvalue weighted by molar-refractivity contribution is 7.92. The molecule has 10 heteroatoms. The van der Waals surface area contributed by atoms with Crippen molar-refractivity contribution in [1.29, 1.82) is 0 Å². The summed E-state index contributed by atoms with van der Waals surface area (Å²) in [5, 5.41) is 6.82. The minimum absolute atomic E-state index is 0.0591. The second-order valence-corrected chi connectivity index (χ2v) is 11.7. The largest absolute Gasteiger partial charge is 0.337 e. The maximum Gasteiger partial charge on any atom is 0.261 e. The van der Waals surface area contributed by atoms with Crippen LogP contribution in [0.3, 0.4) is 0 Å². The molecule has 1 aliphatic carbocycles. The molecule has 0 radical (unpaired) electrons. The molecule has 0 spiro atoms. The van der Waals surface area contributed by atoms with Crippen molar-refractivity contribution in [2.75, 3.05) is 10.0 Å². The maximum absolute atomic E-state index is 12.9. The van der Waals surface area contributed by atoms with Crippen LogP contribution in [0, 0.1) is 10.8 Å². The number of nitrogens with zero attached hydrogens (tertiary/aromatic N) is 2. The zero-order valence-electron chi connectivity index (χ0n) is 19.6. The Bertz CT molecular complexity index is 1310. The van der Waals surface area contributed by atoms with E-state index in [2.05, 4.69) is 20.2 Å². The number of benzene rings is 2. The molecule has 34 heavy (non-hydrogen) atoms. The van der Waals surface area contributed by atoms with E-state index in [1.807, 2.05) is 27.7 Å². The van der Waals surface area contributed by atoms with Crippen LogP contribution in [0.1, 0.15) is 52.5 Å². The fraction of sp³-hybridized carbons (Fsp3) is 0.375. The van der Waals surface area contributed by atoms with Gasteiger partial charge in [-0.15, -0.1) is 0 Å². The number of nitrogens with two attached hydrogens (primary N) is 1. The molecule has 1 aliphatic rings. The zero-order chi connectivity index (χ0) is 24.7. The first-order valence-electron chi connectivity index (χ1n) is 11.0. The topological polar surface area (TPSA) is 140 Å². The first-order chi connectivity index (χ1) is 15.9. The van der Waals surface area contributed by atoms with Crippen molar-refractivity contribution in [3.8, 4) is 11.4 Å². The van der Waals surface area contributed by atoms with Crippen molar-refractivity contribution in [2.24, 2.45) is 16.6 Å². The smallest absolute Gasteiger partial charge is 0.261 e. The van der Waals surface area contributed by atoms with Gasteiger partial charge in [0.2, 0.25) is 17.6 Å². The van der Waals surface area contributed by atoms with Crippen LogP contribution in [0.25, 0.3) is 11.4 Å². The molecule has 180 valence electrons. The lowest BCUT2D eigenvalue weighted by Gasteiger charge is -2.23. The SMILES string of the molecule is CC1(C(=O)Nc2cccc(NS(=O)(=O)c3ccc(-c4noc([C@@H](N)C(C)(C)C)n4)cc3)c2)CC1. The van der Waals surface area contributed by atoms with Crippen molar-refractivity contribution < 1.29 is 17.7 Å². The number of hydrogen-bond donors (Lipinski definition) is 3. The normalized spacial score (nSPS) is 16.0. The van der Waals surface area contributed by atoms with Gasteiger partial charge in [-0.2, -0.15) is 4.98 Å². The lowest BCUT2D eigenvalue weighted by atomic mass is 9.87. The Morgan fingerprint density at radius 3 is 2.38 bits per heavy atom. The van der Waals surface area contributed by atoms with Gasteiger partial charge >= 0.3 is 0 Å². The van der Waals surface area contributed by atoms with Gasteiger partial charge in [0.15, 0.2) is 0 Å². The van der Waals surface area contributed by atoms with Crippen molar-refractivity contribution in [3.05, 3.63) is 54.4 Å². The Balaban J connectivity index is 1.47. The molecule has 3 aromatic rings. The summed E-state index contributed by atoms with van der Waals surface area (Å²) in [6.45, 7) is 7.84. The van der Waals surface area contributed by atoms with Crippen LogP contribution in [-0.4, -0.2) is 24.5 Å². The van der Waals surface area contributed by atoms with E-state index in [-0.39, 0.29) is 21.6 Å². The fourth-order valence-electron chi connectivity index (χ4n) is 3.20. The number of sulfonamides is 1. The molecular formula is C24H29N5O4S. The van der Waals surface area contributed by atoms with E-state index in [4.69, 9.17) is 10.3 Å². The number of nitrogens with one attached hydrogen (secondary N) is 2. The maximum atomic E-state index is 12.9. The van der Waals surface area contributed by atoms with E-state index in [0.717, 1.165) is 12.8 Å². The van der Waals surface area contributed by atoms with Gasteiger partial charge in [0.25, 0.3) is 10.0 Å². The Labute approximate surface area is 199 Å². The van der Waals surface area contributed by atoms with Crippen molar-refractivity contribution >= 4 is 27.3 Å². The summed E-state index contributed by atoms with van der Waals surface area (Å²) in [6, 6.07) is 12.4. The lowest BCUT2D eigenvalue weighted by molar-refractivity contribution is -0.120. The number of carbonyl (C=O) groups is 1. The van der Waals surface area contributed by atoms with Gasteiger partial charge in [-0.25, -0.2) is 8.42 Å². The third kappa shape index (κ3) is 5.13. The minimum atomic E-state index is -3.85. The molecule has 4 N–H and O–H groups in total. The van der Waals surface area contributed by atoms with Crippen molar-refractivity contribution in [3.63, 3.8) is 0 Å². The Hall–Kier alpha value is -3.24. The van der Waals surface area contributed by atoms with E-state index in [1.165, 1.54) is 12.1 Å². The van der Waals surface area contributed by atoms with E-state index in [9.17, 15) is 13.2 Å². The number of carbonyl (C=O) groups excluding carboxylic acids is 1. The van der Waals surface area contributed by atoms with E-state index < -0.39 is 16.1 Å². The molecular weight excluding hydrogens is 454 g/mol. The monoisotopic (exact) mass is 483 g/mol. The fourth-order valence-corrected chi connectivity index (χ4v) is 4.25. The van der Waals surface area contributed by atoms with Gasteiger partial charge < -0.3 is 15.6 Å². The predicted octanol–water partition coefficient (Wildman–Crippen LogP) is 4.32. The van der Waals surface area contributed by atoms with Gasteiger partial charge in [-0.05, 0) is 60.7 Å². The molecule has 0 unspecified atom stereocenters. The second-order valence-electron chi connectivity index (χ2n) is 10.0. The van der Waals surface area contributed by atoms with E-state index in [1.54, 1.807) is 36.4 Å². The number of anilines is 2. The molecule has 0 bridgehead atoms. The molecule has 0 aliphatic heterocycles. The summed E-state index contributed by atoms with van der Waals surface area (Å²) in [4.78, 5) is 16.7. The summed E-state index contributed by atoms with van der Waals surface area (Å²) in [5.74, 6) is 0.596. The first-order valence-corrected chi connectivity index (χ1v) is 12.5. The molecule has 1 heterocycles. The summed E-state index contributed by atoms with van der Waals surface area (Å²) >= 11 is 0. The van der Waals surface area contributed by atoms with Crippen LogP contribution in [0.5, 0.6) is 0 Å². The van der Waals surface area contributed by atoms with Crippen LogP contribution < -0.4 is 15.8 Å². The van der Waals surface area contributed by atoms with E-state index in [0.29, 0.717) is 28.7 Å². The van der Waals surface area contributed by atoms with Gasteiger partial charge in [0.1, 0.15) is 0 Å². The van der Waals surface area contributed by atoms with Crippen LogP contribution in [-0.2, 0) is 14.8 Å². The number of rotatable bonds is 7. The van der Waals surface area contributed by atoms with Gasteiger partial charge in [-0.1, -0.05) is 38.9 Å². The molecule has 1 fully saturated rings. The van der Waals surface area contributed by atoms with Crippen molar-refractivity contribution in [2.45, 2.75) is 51.5 Å². The van der Waals surface area contributed by atoms with Crippen LogP contribution in [0.4, 0.5) is 11.4 Å². The summed E-state index contributed by atoms with van der Waals surface area (Å²) < 4.78 is 33.6. The van der Waals surface area contributed by atoms with Crippen LogP contribution >= 0.6 is 0 Å². The highest BCUT2D eigenvalue weighted by Gasteiger charge is 2.44. The number of hydrogen-bond acceptors (Lipinski definition) is 7. The third-order valence-corrected chi connectivity index (χ3v) is 7.38. The average molecular weight is 484 g/mol. The first kappa shape index (κ1) is 23.9. The lowest BCUT2D eigenvalue weighted by Crippen LogP contribution is -2.26. The minimum Gasteiger partial charge on any atom is -0.337 e. The summed E-state index contributed by atoms with van der Waals surface area (Å²) in [5.41, 5.74) is 7.09. The molecule has 1 atom stereocenters. The number of amides is 1. The third-order valence-electron chi connectivity index (χ3n) is 5.98. The molecule has 2 aromatic carbocycles. The molecule has 1 saturated carbocycles. The van der Waals surface area contributed by atoms with E-state index >= 15 is 0 Å².